The minimum Gasteiger partial charge on any atom is -0.399 e. The number of halogens is 4. The second-order valence-electron chi connectivity index (χ2n) is 13.3. The fourth-order valence-electron chi connectivity index (χ4n) is 5.39. The molecule has 0 atom stereocenters. The van der Waals surface area contributed by atoms with Gasteiger partial charge in [-0.2, -0.15) is 10.2 Å². The van der Waals surface area contributed by atoms with Crippen LogP contribution in [0.2, 0.25) is 0 Å². The number of amides is 2. The number of nitrogens with zero attached hydrogens (tertiary/aromatic N) is 6. The van der Waals surface area contributed by atoms with Crippen LogP contribution in [0.15, 0.2) is 148 Å². The molecule has 0 aliphatic rings. The van der Waals surface area contributed by atoms with Gasteiger partial charge in [0.2, 0.25) is 11.9 Å². The molecule has 0 saturated heterocycles. The van der Waals surface area contributed by atoms with Crippen LogP contribution in [-0.2, 0) is 0 Å². The first kappa shape index (κ1) is 53.9. The molecule has 63 heavy (non-hydrogen) atoms. The summed E-state index contributed by atoms with van der Waals surface area (Å²) in [5.41, 5.74) is 36.5. The van der Waals surface area contributed by atoms with Crippen molar-refractivity contribution in [2.24, 2.45) is 43.3 Å². The van der Waals surface area contributed by atoms with Crippen molar-refractivity contribution in [3.8, 4) is 0 Å². The van der Waals surface area contributed by atoms with E-state index in [1.165, 1.54) is 0 Å². The molecular formula is C43H50Cl4N14O2. The number of guanidine groups is 2. The first-order chi connectivity index (χ1) is 28.2. The van der Waals surface area contributed by atoms with Gasteiger partial charge in [0.1, 0.15) is 0 Å². The molecular weight excluding hydrogens is 886 g/mol. The summed E-state index contributed by atoms with van der Waals surface area (Å²) >= 11 is 0. The molecule has 1 aromatic heterocycles. The van der Waals surface area contributed by atoms with Crippen LogP contribution in [0.3, 0.4) is 0 Å². The Bertz CT molecular complexity index is 2540. The lowest BCUT2D eigenvalue weighted by Crippen LogP contribution is -2.22. The fourth-order valence-corrected chi connectivity index (χ4v) is 5.39. The van der Waals surface area contributed by atoms with Crippen molar-refractivity contribution in [3.05, 3.63) is 150 Å². The Morgan fingerprint density at radius 1 is 0.540 bits per heavy atom. The maximum absolute atomic E-state index is 12.7. The number of rotatable bonds is 11. The number of hydrogen-bond acceptors (Lipinski definition) is 10. The van der Waals surface area contributed by atoms with Crippen molar-refractivity contribution in [1.29, 1.82) is 0 Å². The monoisotopic (exact) mass is 934 g/mol. The van der Waals surface area contributed by atoms with Gasteiger partial charge in [0.25, 0.3) is 11.8 Å². The van der Waals surface area contributed by atoms with Crippen LogP contribution in [0.5, 0.6) is 0 Å². The molecule has 0 aliphatic carbocycles. The van der Waals surface area contributed by atoms with E-state index in [0.29, 0.717) is 39.6 Å². The molecule has 6 rings (SSSR count). The lowest BCUT2D eigenvalue weighted by Gasteiger charge is -2.15. The first-order valence-corrected chi connectivity index (χ1v) is 18.1. The fraction of sp³-hybridized carbons (Fsp3) is 0.0930. The molecule has 6 aromatic rings. The van der Waals surface area contributed by atoms with E-state index < -0.39 is 0 Å². The summed E-state index contributed by atoms with van der Waals surface area (Å²) in [6.07, 6.45) is 1.78. The third-order valence-electron chi connectivity index (χ3n) is 8.59. The zero-order chi connectivity index (χ0) is 42.5. The number of nitrogens with one attached hydrogen (secondary N) is 3. The second-order valence-corrected chi connectivity index (χ2v) is 13.3. The quantitative estimate of drug-likeness (QED) is 0.0274. The van der Waals surface area contributed by atoms with E-state index >= 15 is 0 Å². The van der Waals surface area contributed by atoms with Gasteiger partial charge in [0.05, 0.1) is 16.9 Å². The van der Waals surface area contributed by atoms with Gasteiger partial charge in [-0.3, -0.25) is 14.6 Å². The summed E-state index contributed by atoms with van der Waals surface area (Å²) < 4.78 is 0. The summed E-state index contributed by atoms with van der Waals surface area (Å²) in [7, 11) is 4.01. The largest absolute Gasteiger partial charge is 0.399 e. The number of carbonyl (C=O) groups is 2. The molecule has 5 aromatic carbocycles. The zero-order valence-corrected chi connectivity index (χ0v) is 37.9. The van der Waals surface area contributed by atoms with Crippen LogP contribution in [0, 0.1) is 0 Å². The molecule has 0 spiro atoms. The molecule has 0 unspecified atom stereocenters. The van der Waals surface area contributed by atoms with Gasteiger partial charge in [0.15, 0.2) is 0 Å². The molecule has 332 valence electrons. The standard InChI is InChI=1S/C27H28N8O.C16H18N6O.4ClH/c1-17(33-34-27(28)29)18-4-8-21(9-5-18)32-26(36)19-6-10-20(11-7-19)31-25-14-15-30-24-13-12-22(35(2)3)16-23(24)25;1-10(21-22-16(18)19)11-4-8-14(9-5-11)20-15(23)12-2-6-13(17)7-3-12;;;;/h4-16H,1-3H3,(H,30,31)(H,32,36)(H4,28,29,34);2-9H,17H2,1H3,(H,20,23)(H4,18,19,22);4*1H/b33-17+;21-10+;;;;. The molecule has 13 N–H and O–H groups in total. The van der Waals surface area contributed by atoms with Crippen LogP contribution in [0.4, 0.5) is 34.1 Å². The minimum absolute atomic E-state index is 0. The molecule has 0 bridgehead atoms. The van der Waals surface area contributed by atoms with E-state index in [4.69, 9.17) is 28.7 Å². The molecule has 0 aliphatic heterocycles. The maximum Gasteiger partial charge on any atom is 0.255 e. The Kier molecular flexibility index (Phi) is 21.9. The zero-order valence-electron chi connectivity index (χ0n) is 34.6. The number of anilines is 6. The normalized spacial score (nSPS) is 10.3. The smallest absolute Gasteiger partial charge is 0.255 e. The Balaban J connectivity index is 0.000000644. The van der Waals surface area contributed by atoms with E-state index in [9.17, 15) is 9.59 Å². The predicted molar refractivity (Wildman–Crippen MR) is 270 cm³/mol. The Morgan fingerprint density at radius 2 is 0.952 bits per heavy atom. The highest BCUT2D eigenvalue weighted by Gasteiger charge is 2.10. The number of carbonyl (C=O) groups excluding carboxylic acids is 2. The molecule has 0 saturated carbocycles. The summed E-state index contributed by atoms with van der Waals surface area (Å²) in [4.78, 5) is 31.4. The summed E-state index contributed by atoms with van der Waals surface area (Å²) in [5, 5.41) is 25.3. The topological polar surface area (TPSA) is 266 Å². The number of pyridine rings is 1. The van der Waals surface area contributed by atoms with Gasteiger partial charge >= 0.3 is 0 Å². The Labute approximate surface area is 390 Å². The van der Waals surface area contributed by atoms with Gasteiger partial charge in [-0.1, -0.05) is 24.3 Å². The van der Waals surface area contributed by atoms with E-state index in [0.717, 1.165) is 39.1 Å². The second kappa shape index (κ2) is 25.6. The van der Waals surface area contributed by atoms with Crippen molar-refractivity contribution in [2.45, 2.75) is 13.8 Å². The van der Waals surface area contributed by atoms with E-state index in [2.05, 4.69) is 52.3 Å². The third kappa shape index (κ3) is 16.0. The van der Waals surface area contributed by atoms with Gasteiger partial charge < -0.3 is 49.5 Å². The molecule has 0 radical (unpaired) electrons. The number of benzene rings is 5. The molecule has 2 amide bonds. The Hall–Kier alpha value is -7.11. The van der Waals surface area contributed by atoms with Crippen molar-refractivity contribution < 1.29 is 9.59 Å². The van der Waals surface area contributed by atoms with Crippen molar-refractivity contribution >= 4 is 130 Å². The van der Waals surface area contributed by atoms with Gasteiger partial charge in [-0.25, -0.2) is 0 Å². The summed E-state index contributed by atoms with van der Waals surface area (Å²) in [5.74, 6) is -0.613. The van der Waals surface area contributed by atoms with Gasteiger partial charge in [0, 0.05) is 70.9 Å². The number of nitrogens with two attached hydrogens (primary N) is 5. The highest BCUT2D eigenvalue weighted by Crippen LogP contribution is 2.29. The van der Waals surface area contributed by atoms with Crippen LogP contribution >= 0.6 is 49.6 Å². The Morgan fingerprint density at radius 3 is 1.38 bits per heavy atom. The number of hydrogen-bond donors (Lipinski definition) is 8. The van der Waals surface area contributed by atoms with Crippen LogP contribution < -0.4 is 49.5 Å². The molecule has 1 heterocycles. The highest BCUT2D eigenvalue weighted by atomic mass is 35.5. The molecule has 0 fully saturated rings. The number of fused-ring (bicyclic) bond motifs is 1. The maximum atomic E-state index is 12.7. The lowest BCUT2D eigenvalue weighted by atomic mass is 10.1. The van der Waals surface area contributed by atoms with E-state index in [1.54, 1.807) is 80.7 Å². The lowest BCUT2D eigenvalue weighted by molar-refractivity contribution is 0.101. The van der Waals surface area contributed by atoms with Crippen LogP contribution in [-0.4, -0.2) is 54.2 Å². The molecule has 16 nitrogen and oxygen atoms in total. The number of aromatic nitrogens is 1. The average molecular weight is 937 g/mol. The number of nitrogen functional groups attached to an aromatic ring is 1. The van der Waals surface area contributed by atoms with Crippen LogP contribution in [0.1, 0.15) is 45.7 Å². The van der Waals surface area contributed by atoms with Gasteiger partial charge in [-0.05, 0) is 122 Å². The first-order valence-electron chi connectivity index (χ1n) is 18.1. The third-order valence-corrected chi connectivity index (χ3v) is 8.59. The predicted octanol–water partition coefficient (Wildman–Crippen LogP) is 7.50. The van der Waals surface area contributed by atoms with Gasteiger partial charge in [-0.15, -0.1) is 59.8 Å². The summed E-state index contributed by atoms with van der Waals surface area (Å²) in [6, 6.07) is 36.6. The van der Waals surface area contributed by atoms with Crippen molar-refractivity contribution in [1.82, 2.24) is 4.98 Å². The molecule has 20 heteroatoms. The van der Waals surface area contributed by atoms with E-state index in [-0.39, 0.29) is 73.4 Å². The van der Waals surface area contributed by atoms with E-state index in [1.807, 2.05) is 68.7 Å². The average Bonchev–Trinajstić information content (AvgIpc) is 3.23. The van der Waals surface area contributed by atoms with Crippen LogP contribution in [0.25, 0.3) is 10.9 Å². The minimum atomic E-state index is -0.205. The van der Waals surface area contributed by atoms with Crippen molar-refractivity contribution in [3.63, 3.8) is 0 Å². The SMILES string of the molecule is C/C(=N\N=C(N)N)c1ccc(NC(=O)c2ccc(N)cc2)cc1.C/C(=N\N=C(N)N)c1ccc(NC(=O)c2ccc(Nc3ccnc4ccc(N(C)C)cc34)cc2)cc1.Cl.Cl.Cl.Cl. The van der Waals surface area contributed by atoms with Crippen molar-refractivity contribution in [2.75, 3.05) is 40.7 Å². The highest BCUT2D eigenvalue weighted by molar-refractivity contribution is 6.06. The summed E-state index contributed by atoms with van der Waals surface area (Å²) in [6.45, 7) is 3.58.